The maximum Gasteiger partial charge on any atom is 0.191 e. The number of hydrogen-bond donors (Lipinski definition) is 2. The van der Waals surface area contributed by atoms with Gasteiger partial charge in [-0.3, -0.25) is 9.89 Å². The van der Waals surface area contributed by atoms with Gasteiger partial charge in [0.05, 0.1) is 19.3 Å². The van der Waals surface area contributed by atoms with Crippen LogP contribution < -0.4 is 10.6 Å². The average molecular weight is 540 g/mol. The van der Waals surface area contributed by atoms with Gasteiger partial charge in [-0.05, 0) is 12.2 Å². The molecule has 0 bridgehead atoms. The number of guanidine groups is 1. The maximum absolute atomic E-state index is 5.93. The van der Waals surface area contributed by atoms with E-state index in [4.69, 9.17) is 9.73 Å². The third kappa shape index (κ3) is 10.3. The Kier molecular flexibility index (Phi) is 13.9. The molecular formula is C19H38IN7OS. The SMILES string of the molecule is CCc1nncn1CCNC(=NCC1CN(CC(C)C)CCO1)NCCSC.I. The Morgan fingerprint density at radius 1 is 1.38 bits per heavy atom. The molecule has 0 saturated carbocycles. The Hall–Kier alpha value is -0.590. The zero-order valence-electron chi connectivity index (χ0n) is 18.3. The van der Waals surface area contributed by atoms with Crippen LogP contribution in [-0.4, -0.2) is 89.6 Å². The topological polar surface area (TPSA) is 79.6 Å². The molecule has 10 heteroatoms. The van der Waals surface area contributed by atoms with Crippen molar-refractivity contribution in [1.29, 1.82) is 0 Å². The van der Waals surface area contributed by atoms with Gasteiger partial charge in [-0.2, -0.15) is 11.8 Å². The maximum atomic E-state index is 5.93. The lowest BCUT2D eigenvalue weighted by Crippen LogP contribution is -2.46. The summed E-state index contributed by atoms with van der Waals surface area (Å²) in [6, 6.07) is 0. The Morgan fingerprint density at radius 2 is 2.17 bits per heavy atom. The Labute approximate surface area is 197 Å². The van der Waals surface area contributed by atoms with E-state index in [1.807, 2.05) is 11.8 Å². The molecule has 1 fully saturated rings. The van der Waals surface area contributed by atoms with E-state index in [0.29, 0.717) is 12.5 Å². The number of nitrogens with zero attached hydrogens (tertiary/aromatic N) is 5. The van der Waals surface area contributed by atoms with Crippen molar-refractivity contribution >= 4 is 41.7 Å². The van der Waals surface area contributed by atoms with E-state index in [-0.39, 0.29) is 30.1 Å². The Balaban J connectivity index is 0.00000420. The van der Waals surface area contributed by atoms with E-state index in [1.54, 1.807) is 6.33 Å². The summed E-state index contributed by atoms with van der Waals surface area (Å²) in [4.78, 5) is 7.27. The first-order chi connectivity index (χ1) is 13.6. The molecule has 29 heavy (non-hydrogen) atoms. The van der Waals surface area contributed by atoms with E-state index >= 15 is 0 Å². The van der Waals surface area contributed by atoms with Crippen molar-refractivity contribution in [3.63, 3.8) is 0 Å². The predicted octanol–water partition coefficient (Wildman–Crippen LogP) is 1.71. The molecule has 168 valence electrons. The fourth-order valence-corrected chi connectivity index (χ4v) is 3.55. The third-order valence-corrected chi connectivity index (χ3v) is 5.17. The number of morpholine rings is 1. The van der Waals surface area contributed by atoms with Crippen LogP contribution in [0.1, 0.15) is 26.6 Å². The molecule has 0 aliphatic carbocycles. The molecule has 2 rings (SSSR count). The van der Waals surface area contributed by atoms with Crippen molar-refractivity contribution in [2.75, 3.05) is 57.9 Å². The summed E-state index contributed by atoms with van der Waals surface area (Å²) >= 11 is 1.83. The van der Waals surface area contributed by atoms with E-state index in [2.05, 4.69) is 57.3 Å². The van der Waals surface area contributed by atoms with Crippen molar-refractivity contribution in [3.8, 4) is 0 Å². The van der Waals surface area contributed by atoms with E-state index in [0.717, 1.165) is 69.8 Å². The zero-order valence-corrected chi connectivity index (χ0v) is 21.4. The highest BCUT2D eigenvalue weighted by Gasteiger charge is 2.20. The minimum atomic E-state index is 0. The Morgan fingerprint density at radius 3 is 2.90 bits per heavy atom. The zero-order chi connectivity index (χ0) is 20.2. The summed E-state index contributed by atoms with van der Waals surface area (Å²) in [6.45, 7) is 13.7. The van der Waals surface area contributed by atoms with Crippen LogP contribution >= 0.6 is 35.7 Å². The molecule has 2 N–H and O–H groups in total. The smallest absolute Gasteiger partial charge is 0.191 e. The molecule has 1 aromatic heterocycles. The van der Waals surface area contributed by atoms with Crippen molar-refractivity contribution in [2.24, 2.45) is 10.9 Å². The molecule has 0 radical (unpaired) electrons. The van der Waals surface area contributed by atoms with Gasteiger partial charge in [0.25, 0.3) is 0 Å². The molecule has 0 spiro atoms. The van der Waals surface area contributed by atoms with Crippen LogP contribution in [0.5, 0.6) is 0 Å². The average Bonchev–Trinajstić information content (AvgIpc) is 3.13. The molecule has 1 atom stereocenters. The van der Waals surface area contributed by atoms with Gasteiger partial charge >= 0.3 is 0 Å². The van der Waals surface area contributed by atoms with Gasteiger partial charge in [0.15, 0.2) is 5.96 Å². The van der Waals surface area contributed by atoms with Gasteiger partial charge < -0.3 is 19.9 Å². The highest BCUT2D eigenvalue weighted by atomic mass is 127. The van der Waals surface area contributed by atoms with Gasteiger partial charge in [-0.1, -0.05) is 20.8 Å². The van der Waals surface area contributed by atoms with Gasteiger partial charge in [-0.25, -0.2) is 0 Å². The second-order valence-electron chi connectivity index (χ2n) is 7.48. The molecular weight excluding hydrogens is 501 g/mol. The number of aromatic nitrogens is 3. The molecule has 1 aliphatic heterocycles. The van der Waals surface area contributed by atoms with E-state index in [1.165, 1.54) is 0 Å². The van der Waals surface area contributed by atoms with Crippen LogP contribution in [0, 0.1) is 5.92 Å². The van der Waals surface area contributed by atoms with E-state index < -0.39 is 0 Å². The highest BCUT2D eigenvalue weighted by molar-refractivity contribution is 14.0. The largest absolute Gasteiger partial charge is 0.374 e. The van der Waals surface area contributed by atoms with Crippen LogP contribution in [0.3, 0.4) is 0 Å². The minimum Gasteiger partial charge on any atom is -0.374 e. The van der Waals surface area contributed by atoms with Crippen LogP contribution in [0.4, 0.5) is 0 Å². The summed E-state index contributed by atoms with van der Waals surface area (Å²) < 4.78 is 8.01. The lowest BCUT2D eigenvalue weighted by atomic mass is 10.2. The van der Waals surface area contributed by atoms with Crippen LogP contribution in [0.15, 0.2) is 11.3 Å². The summed E-state index contributed by atoms with van der Waals surface area (Å²) in [5.41, 5.74) is 0. The molecule has 0 amide bonds. The Bertz CT molecular complexity index is 585. The van der Waals surface area contributed by atoms with Crippen LogP contribution in [-0.2, 0) is 17.7 Å². The number of halogens is 1. The van der Waals surface area contributed by atoms with Gasteiger partial charge in [0, 0.05) is 51.4 Å². The minimum absolute atomic E-state index is 0. The lowest BCUT2D eigenvalue weighted by Gasteiger charge is -2.33. The number of thioether (sulfide) groups is 1. The molecule has 8 nitrogen and oxygen atoms in total. The van der Waals surface area contributed by atoms with Gasteiger partial charge in [0.2, 0.25) is 0 Å². The second kappa shape index (κ2) is 15.2. The monoisotopic (exact) mass is 539 g/mol. The number of nitrogens with one attached hydrogen (secondary N) is 2. The first-order valence-corrected chi connectivity index (χ1v) is 11.7. The summed E-state index contributed by atoms with van der Waals surface area (Å²) in [5, 5.41) is 15.0. The summed E-state index contributed by atoms with van der Waals surface area (Å²) in [6.07, 6.45) is 4.95. The molecule has 1 aliphatic rings. The summed E-state index contributed by atoms with van der Waals surface area (Å²) in [7, 11) is 0. The van der Waals surface area contributed by atoms with E-state index in [9.17, 15) is 0 Å². The number of hydrogen-bond acceptors (Lipinski definition) is 6. The second-order valence-corrected chi connectivity index (χ2v) is 8.46. The van der Waals surface area contributed by atoms with Crippen molar-refractivity contribution in [2.45, 2.75) is 39.8 Å². The predicted molar refractivity (Wildman–Crippen MR) is 133 cm³/mol. The molecule has 1 unspecified atom stereocenters. The standard InChI is InChI=1S/C19H37N7OS.HI/c1-5-18-24-23-15-26(18)8-6-20-19(21-7-11-28-4)22-12-17-14-25(9-10-27-17)13-16(2)3;/h15-17H,5-14H2,1-4H3,(H2,20,21,22);1H. The fraction of sp³-hybridized carbons (Fsp3) is 0.842. The van der Waals surface area contributed by atoms with Crippen LogP contribution in [0.25, 0.3) is 0 Å². The van der Waals surface area contributed by atoms with Crippen molar-refractivity contribution in [1.82, 2.24) is 30.3 Å². The molecule has 0 aromatic carbocycles. The molecule has 2 heterocycles. The number of aryl methyl sites for hydroxylation is 1. The molecule has 1 aromatic rings. The van der Waals surface area contributed by atoms with Gasteiger partial charge in [0.1, 0.15) is 12.2 Å². The van der Waals surface area contributed by atoms with Gasteiger partial charge in [-0.15, -0.1) is 34.2 Å². The van der Waals surface area contributed by atoms with Crippen molar-refractivity contribution < 1.29 is 4.74 Å². The van der Waals surface area contributed by atoms with Crippen LogP contribution in [0.2, 0.25) is 0 Å². The lowest BCUT2D eigenvalue weighted by molar-refractivity contribution is -0.0261. The quantitative estimate of drug-likeness (QED) is 0.192. The first-order valence-electron chi connectivity index (χ1n) is 10.3. The number of ether oxygens (including phenoxy) is 1. The first kappa shape index (κ1) is 26.4. The number of aliphatic imine (C=N–C) groups is 1. The normalized spacial score (nSPS) is 18.0. The summed E-state index contributed by atoms with van der Waals surface area (Å²) in [5.74, 6) is 3.59. The highest BCUT2D eigenvalue weighted by Crippen LogP contribution is 2.08. The number of rotatable bonds is 11. The van der Waals surface area contributed by atoms with Crippen molar-refractivity contribution in [3.05, 3.63) is 12.2 Å². The fourth-order valence-electron chi connectivity index (χ4n) is 3.25. The third-order valence-electron chi connectivity index (χ3n) is 4.56. The molecule has 1 saturated heterocycles.